The van der Waals surface area contributed by atoms with Crippen LogP contribution < -0.4 is 10.6 Å². The van der Waals surface area contributed by atoms with E-state index in [-0.39, 0.29) is 11.9 Å². The number of hydrogen-bond donors (Lipinski definition) is 2. The molecule has 2 N–H and O–H groups in total. The van der Waals surface area contributed by atoms with E-state index in [1.807, 2.05) is 4.90 Å². The Bertz CT molecular complexity index is 506. The Morgan fingerprint density at radius 2 is 2.05 bits per heavy atom. The number of amides is 3. The average molecular weight is 304 g/mol. The van der Waals surface area contributed by atoms with Crippen LogP contribution in [0.3, 0.4) is 0 Å². The van der Waals surface area contributed by atoms with Crippen molar-refractivity contribution in [2.24, 2.45) is 11.8 Å². The van der Waals surface area contributed by atoms with Crippen LogP contribution in [-0.2, 0) is 0 Å². The Hall–Kier alpha value is -2.11. The lowest BCUT2D eigenvalue weighted by atomic mass is 9.89. The molecule has 6 heteroatoms. The Balaban J connectivity index is 1.66. The second-order valence-corrected chi connectivity index (χ2v) is 5.92. The van der Waals surface area contributed by atoms with Crippen molar-refractivity contribution in [1.29, 1.82) is 0 Å². The number of pyridine rings is 1. The summed E-state index contributed by atoms with van der Waals surface area (Å²) in [5, 5.41) is 5.61. The Morgan fingerprint density at radius 1 is 1.27 bits per heavy atom. The predicted molar refractivity (Wildman–Crippen MR) is 84.5 cm³/mol. The van der Waals surface area contributed by atoms with Gasteiger partial charge in [-0.1, -0.05) is 13.8 Å². The first-order chi connectivity index (χ1) is 10.6. The standard InChI is InChI=1S/C16H24N4O2/c1-12-5-9-20(11-13(12)2)16(22)19-8-7-18-15(21)14-4-3-6-17-10-14/h3-4,6,10,12-13H,5,7-9,11H2,1-2H3,(H,18,21)(H,19,22). The van der Waals surface area contributed by atoms with Gasteiger partial charge >= 0.3 is 6.03 Å². The number of aromatic nitrogens is 1. The summed E-state index contributed by atoms with van der Waals surface area (Å²) in [6.07, 6.45) is 4.19. The second-order valence-electron chi connectivity index (χ2n) is 5.92. The monoisotopic (exact) mass is 304 g/mol. The highest BCUT2D eigenvalue weighted by molar-refractivity contribution is 5.93. The lowest BCUT2D eigenvalue weighted by molar-refractivity contribution is 0.0952. The molecule has 0 aromatic carbocycles. The van der Waals surface area contributed by atoms with Gasteiger partial charge in [0, 0.05) is 38.6 Å². The van der Waals surface area contributed by atoms with Crippen molar-refractivity contribution < 1.29 is 9.59 Å². The van der Waals surface area contributed by atoms with Crippen LogP contribution in [0.5, 0.6) is 0 Å². The van der Waals surface area contributed by atoms with Crippen molar-refractivity contribution in [3.8, 4) is 0 Å². The molecule has 6 nitrogen and oxygen atoms in total. The molecule has 1 aliphatic heterocycles. The van der Waals surface area contributed by atoms with Crippen molar-refractivity contribution in [2.45, 2.75) is 20.3 Å². The zero-order valence-corrected chi connectivity index (χ0v) is 13.2. The maximum absolute atomic E-state index is 12.1. The quantitative estimate of drug-likeness (QED) is 0.828. The highest BCUT2D eigenvalue weighted by Crippen LogP contribution is 2.22. The van der Waals surface area contributed by atoms with Crippen LogP contribution in [0.15, 0.2) is 24.5 Å². The van der Waals surface area contributed by atoms with Crippen LogP contribution in [0, 0.1) is 11.8 Å². The summed E-state index contributed by atoms with van der Waals surface area (Å²) >= 11 is 0. The van der Waals surface area contributed by atoms with Crippen molar-refractivity contribution in [1.82, 2.24) is 20.5 Å². The number of urea groups is 1. The van der Waals surface area contributed by atoms with Crippen molar-refractivity contribution in [3.05, 3.63) is 30.1 Å². The van der Waals surface area contributed by atoms with Gasteiger partial charge in [-0.2, -0.15) is 0 Å². The SMILES string of the molecule is CC1CCN(C(=O)NCCNC(=O)c2cccnc2)CC1C. The van der Waals surface area contributed by atoms with E-state index in [1.54, 1.807) is 18.3 Å². The Kier molecular flexibility index (Phi) is 5.75. The minimum absolute atomic E-state index is 0.0469. The summed E-state index contributed by atoms with van der Waals surface area (Å²) in [4.78, 5) is 29.6. The molecule has 3 amide bonds. The van der Waals surface area contributed by atoms with Crippen molar-refractivity contribution in [3.63, 3.8) is 0 Å². The number of rotatable bonds is 4. The van der Waals surface area contributed by atoms with Gasteiger partial charge in [0.2, 0.25) is 0 Å². The molecular formula is C16H24N4O2. The molecule has 2 heterocycles. The molecule has 2 atom stereocenters. The maximum atomic E-state index is 12.1. The summed E-state index contributed by atoms with van der Waals surface area (Å²) in [6.45, 7) is 6.84. The van der Waals surface area contributed by atoms with Crippen LogP contribution in [0.4, 0.5) is 4.79 Å². The third kappa shape index (κ3) is 4.44. The molecule has 2 rings (SSSR count). The fourth-order valence-corrected chi connectivity index (χ4v) is 2.50. The topological polar surface area (TPSA) is 74.3 Å². The van der Waals surface area contributed by atoms with E-state index in [9.17, 15) is 9.59 Å². The highest BCUT2D eigenvalue weighted by atomic mass is 16.2. The van der Waals surface area contributed by atoms with Gasteiger partial charge in [0.15, 0.2) is 0 Å². The summed E-state index contributed by atoms with van der Waals surface area (Å²) in [5.74, 6) is 1.02. The minimum Gasteiger partial charge on any atom is -0.350 e. The van der Waals surface area contributed by atoms with E-state index >= 15 is 0 Å². The number of piperidine rings is 1. The van der Waals surface area contributed by atoms with E-state index in [0.29, 0.717) is 30.5 Å². The maximum Gasteiger partial charge on any atom is 0.317 e. The van der Waals surface area contributed by atoms with E-state index in [2.05, 4.69) is 29.5 Å². The Labute approximate surface area is 131 Å². The van der Waals surface area contributed by atoms with Crippen LogP contribution in [0.25, 0.3) is 0 Å². The molecule has 0 aliphatic carbocycles. The molecule has 0 bridgehead atoms. The summed E-state index contributed by atoms with van der Waals surface area (Å²) in [5.41, 5.74) is 0.521. The van der Waals surface area contributed by atoms with Gasteiger partial charge in [0.1, 0.15) is 0 Å². The van der Waals surface area contributed by atoms with Gasteiger partial charge < -0.3 is 15.5 Å². The summed E-state index contributed by atoms with van der Waals surface area (Å²) < 4.78 is 0. The lowest BCUT2D eigenvalue weighted by Crippen LogP contribution is -2.48. The van der Waals surface area contributed by atoms with Gasteiger partial charge in [0.25, 0.3) is 5.91 Å². The number of nitrogens with zero attached hydrogens (tertiary/aromatic N) is 2. The largest absolute Gasteiger partial charge is 0.350 e. The van der Waals surface area contributed by atoms with Crippen molar-refractivity contribution >= 4 is 11.9 Å². The van der Waals surface area contributed by atoms with Gasteiger partial charge in [-0.05, 0) is 30.4 Å². The molecule has 22 heavy (non-hydrogen) atoms. The molecule has 1 fully saturated rings. The van der Waals surface area contributed by atoms with Crippen LogP contribution >= 0.6 is 0 Å². The van der Waals surface area contributed by atoms with Gasteiger partial charge in [0.05, 0.1) is 5.56 Å². The molecular weight excluding hydrogens is 280 g/mol. The Morgan fingerprint density at radius 3 is 2.73 bits per heavy atom. The number of likely N-dealkylation sites (tertiary alicyclic amines) is 1. The molecule has 1 aromatic rings. The van der Waals surface area contributed by atoms with Crippen LogP contribution in [-0.4, -0.2) is 48.0 Å². The smallest absolute Gasteiger partial charge is 0.317 e. The highest BCUT2D eigenvalue weighted by Gasteiger charge is 2.25. The van der Waals surface area contributed by atoms with Gasteiger partial charge in [-0.25, -0.2) is 4.79 Å². The first-order valence-corrected chi connectivity index (χ1v) is 7.79. The van der Waals surface area contributed by atoms with E-state index in [4.69, 9.17) is 0 Å². The zero-order chi connectivity index (χ0) is 15.9. The minimum atomic E-state index is -0.178. The first-order valence-electron chi connectivity index (χ1n) is 7.79. The number of carbonyl (C=O) groups excluding carboxylic acids is 2. The molecule has 1 saturated heterocycles. The number of nitrogens with one attached hydrogen (secondary N) is 2. The van der Waals surface area contributed by atoms with E-state index < -0.39 is 0 Å². The first kappa shape index (κ1) is 16.3. The molecule has 1 aliphatic rings. The normalized spacial score (nSPS) is 21.3. The zero-order valence-electron chi connectivity index (χ0n) is 13.2. The molecule has 0 spiro atoms. The molecule has 120 valence electrons. The van der Waals surface area contributed by atoms with E-state index in [1.165, 1.54) is 6.20 Å². The van der Waals surface area contributed by atoms with Crippen LogP contribution in [0.1, 0.15) is 30.6 Å². The summed E-state index contributed by atoms with van der Waals surface area (Å²) in [6, 6.07) is 3.38. The fraction of sp³-hybridized carbons (Fsp3) is 0.562. The lowest BCUT2D eigenvalue weighted by Gasteiger charge is -2.35. The molecule has 0 saturated carbocycles. The third-order valence-electron chi connectivity index (χ3n) is 4.23. The molecule has 1 aromatic heterocycles. The third-order valence-corrected chi connectivity index (χ3v) is 4.23. The fourth-order valence-electron chi connectivity index (χ4n) is 2.50. The predicted octanol–water partition coefficient (Wildman–Crippen LogP) is 1.50. The molecule has 0 radical (unpaired) electrons. The average Bonchev–Trinajstić information content (AvgIpc) is 2.54. The van der Waals surface area contributed by atoms with Gasteiger partial charge in [-0.15, -0.1) is 0 Å². The molecule has 2 unspecified atom stereocenters. The number of carbonyl (C=O) groups is 2. The van der Waals surface area contributed by atoms with Crippen molar-refractivity contribution in [2.75, 3.05) is 26.2 Å². The second kappa shape index (κ2) is 7.77. The summed E-state index contributed by atoms with van der Waals surface area (Å²) in [7, 11) is 0. The van der Waals surface area contributed by atoms with Crippen LogP contribution in [0.2, 0.25) is 0 Å². The number of hydrogen-bond acceptors (Lipinski definition) is 3. The van der Waals surface area contributed by atoms with E-state index in [0.717, 1.165) is 19.5 Å². The van der Waals surface area contributed by atoms with Gasteiger partial charge in [-0.3, -0.25) is 9.78 Å².